The van der Waals surface area contributed by atoms with Crippen molar-refractivity contribution in [3.8, 4) is 0 Å². The Hall–Kier alpha value is -1.35. The summed E-state index contributed by atoms with van der Waals surface area (Å²) >= 11 is 0. The molecule has 1 aliphatic rings. The van der Waals surface area contributed by atoms with Gasteiger partial charge in [-0.05, 0) is 57.9 Å². The third-order valence-electron chi connectivity index (χ3n) is 4.80. The van der Waals surface area contributed by atoms with E-state index in [4.69, 9.17) is 4.99 Å². The Bertz CT molecular complexity index is 618. The average Bonchev–Trinajstić information content (AvgIpc) is 3.50. The first-order valence-corrected chi connectivity index (χ1v) is 9.60. The summed E-state index contributed by atoms with van der Waals surface area (Å²) in [6, 6.07) is 8.95. The zero-order valence-electron chi connectivity index (χ0n) is 16.9. The number of nitrogens with one attached hydrogen (secondary N) is 3. The Labute approximate surface area is 180 Å². The first kappa shape index (κ1) is 23.7. The van der Waals surface area contributed by atoms with Crippen LogP contribution in [-0.4, -0.2) is 62.6 Å². The first-order valence-electron chi connectivity index (χ1n) is 9.60. The highest BCUT2D eigenvalue weighted by Crippen LogP contribution is 2.26. The predicted octanol–water partition coefficient (Wildman–Crippen LogP) is 2.24. The maximum Gasteiger partial charge on any atom is 0.251 e. The van der Waals surface area contributed by atoms with Crippen LogP contribution in [-0.2, 0) is 6.42 Å². The molecule has 0 bridgehead atoms. The van der Waals surface area contributed by atoms with Crippen molar-refractivity contribution >= 4 is 35.8 Å². The lowest BCUT2D eigenvalue weighted by Crippen LogP contribution is -2.40. The summed E-state index contributed by atoms with van der Waals surface area (Å²) in [6.45, 7) is 6.70. The molecule has 3 N–H and O–H groups in total. The molecule has 1 aromatic rings. The minimum Gasteiger partial charge on any atom is -0.357 e. The monoisotopic (exact) mass is 487 g/mol. The van der Waals surface area contributed by atoms with Crippen molar-refractivity contribution in [1.82, 2.24) is 20.9 Å². The van der Waals surface area contributed by atoms with Crippen LogP contribution in [0, 0.1) is 0 Å². The van der Waals surface area contributed by atoms with E-state index in [1.54, 1.807) is 7.05 Å². The van der Waals surface area contributed by atoms with Crippen molar-refractivity contribution in [3.63, 3.8) is 0 Å². The number of benzene rings is 1. The number of carbonyl (C=O) groups is 1. The second-order valence-electron chi connectivity index (χ2n) is 6.92. The standard InChI is InChI=1S/C20H33N5O.HI/c1-5-22-20(24-14-15(2)25(4)18-9-10-18)23-12-11-16-7-6-8-17(13-16)19(26)21-3;/h6-8,13,15,18H,5,9-12,14H2,1-4H3,(H,21,26)(H2,22,23,24);1H. The fraction of sp³-hybridized carbons (Fsp3) is 0.600. The molecule has 0 saturated heterocycles. The molecule has 0 aliphatic heterocycles. The molecule has 152 valence electrons. The van der Waals surface area contributed by atoms with Gasteiger partial charge in [-0.1, -0.05) is 12.1 Å². The summed E-state index contributed by atoms with van der Waals surface area (Å²) < 4.78 is 0. The number of likely N-dealkylation sites (N-methyl/N-ethyl adjacent to an activating group) is 1. The Morgan fingerprint density at radius 2 is 2.07 bits per heavy atom. The molecule has 0 aromatic heterocycles. The molecular weight excluding hydrogens is 453 g/mol. The van der Waals surface area contributed by atoms with Crippen LogP contribution in [0.5, 0.6) is 0 Å². The zero-order chi connectivity index (χ0) is 18.9. The van der Waals surface area contributed by atoms with Gasteiger partial charge in [0, 0.05) is 37.8 Å². The van der Waals surface area contributed by atoms with E-state index in [0.717, 1.165) is 43.6 Å². The molecule has 1 saturated carbocycles. The van der Waals surface area contributed by atoms with Crippen molar-refractivity contribution in [2.24, 2.45) is 4.99 Å². The second kappa shape index (κ2) is 12.2. The van der Waals surface area contributed by atoms with E-state index < -0.39 is 0 Å². The maximum atomic E-state index is 11.7. The molecule has 0 radical (unpaired) electrons. The van der Waals surface area contributed by atoms with Crippen LogP contribution in [0.4, 0.5) is 0 Å². The van der Waals surface area contributed by atoms with Gasteiger partial charge >= 0.3 is 0 Å². The molecular formula is C20H34IN5O. The second-order valence-corrected chi connectivity index (χ2v) is 6.92. The molecule has 1 unspecified atom stereocenters. The minimum atomic E-state index is -0.0523. The predicted molar refractivity (Wildman–Crippen MR) is 123 cm³/mol. The van der Waals surface area contributed by atoms with Crippen LogP contribution >= 0.6 is 24.0 Å². The van der Waals surface area contributed by atoms with E-state index in [1.165, 1.54) is 12.8 Å². The van der Waals surface area contributed by atoms with Gasteiger partial charge in [-0.3, -0.25) is 14.7 Å². The quantitative estimate of drug-likeness (QED) is 0.284. The van der Waals surface area contributed by atoms with E-state index in [1.807, 2.05) is 24.3 Å². The maximum absolute atomic E-state index is 11.7. The fourth-order valence-corrected chi connectivity index (χ4v) is 2.87. The molecule has 1 fully saturated rings. The number of hydrogen-bond donors (Lipinski definition) is 3. The van der Waals surface area contributed by atoms with E-state index in [9.17, 15) is 4.79 Å². The number of halogens is 1. The van der Waals surface area contributed by atoms with Gasteiger partial charge in [-0.25, -0.2) is 0 Å². The summed E-state index contributed by atoms with van der Waals surface area (Å²) in [5, 5.41) is 9.35. The Balaban J connectivity index is 0.00000364. The Morgan fingerprint density at radius 1 is 1.33 bits per heavy atom. The van der Waals surface area contributed by atoms with Crippen molar-refractivity contribution in [1.29, 1.82) is 0 Å². The summed E-state index contributed by atoms with van der Waals surface area (Å²) in [7, 11) is 3.84. The number of carbonyl (C=O) groups excluding carboxylic acids is 1. The SMILES string of the molecule is CCNC(=NCC(C)N(C)C1CC1)NCCc1cccc(C(=O)NC)c1.I. The van der Waals surface area contributed by atoms with Crippen LogP contribution in [0.25, 0.3) is 0 Å². The number of amides is 1. The molecule has 0 heterocycles. The van der Waals surface area contributed by atoms with Gasteiger partial charge in [0.15, 0.2) is 5.96 Å². The van der Waals surface area contributed by atoms with Gasteiger partial charge in [-0.15, -0.1) is 24.0 Å². The zero-order valence-corrected chi connectivity index (χ0v) is 19.2. The molecule has 1 aliphatic carbocycles. The number of nitrogens with zero attached hydrogens (tertiary/aromatic N) is 2. The molecule has 6 nitrogen and oxygen atoms in total. The molecule has 7 heteroatoms. The number of aliphatic imine (C=N–C) groups is 1. The van der Waals surface area contributed by atoms with E-state index in [2.05, 4.69) is 41.7 Å². The van der Waals surface area contributed by atoms with Gasteiger partial charge < -0.3 is 16.0 Å². The van der Waals surface area contributed by atoms with Gasteiger partial charge in [0.05, 0.1) is 6.54 Å². The molecule has 1 aromatic carbocycles. The fourth-order valence-electron chi connectivity index (χ4n) is 2.87. The molecule has 2 rings (SSSR count). The van der Waals surface area contributed by atoms with Crippen molar-refractivity contribution in [2.45, 2.75) is 45.2 Å². The molecule has 0 spiro atoms. The number of rotatable bonds is 9. The average molecular weight is 487 g/mol. The third-order valence-corrected chi connectivity index (χ3v) is 4.80. The van der Waals surface area contributed by atoms with Gasteiger partial charge in [0.2, 0.25) is 0 Å². The number of hydrogen-bond acceptors (Lipinski definition) is 3. The van der Waals surface area contributed by atoms with E-state index in [0.29, 0.717) is 11.6 Å². The van der Waals surface area contributed by atoms with Crippen molar-refractivity contribution < 1.29 is 4.79 Å². The Kier molecular flexibility index (Phi) is 10.7. The van der Waals surface area contributed by atoms with Gasteiger partial charge in [0.1, 0.15) is 0 Å². The van der Waals surface area contributed by atoms with Gasteiger partial charge in [-0.2, -0.15) is 0 Å². The van der Waals surface area contributed by atoms with Crippen LogP contribution in [0.1, 0.15) is 42.6 Å². The van der Waals surface area contributed by atoms with Crippen molar-refractivity contribution in [3.05, 3.63) is 35.4 Å². The van der Waals surface area contributed by atoms with Crippen LogP contribution in [0.2, 0.25) is 0 Å². The highest BCUT2D eigenvalue weighted by atomic mass is 127. The molecule has 1 atom stereocenters. The van der Waals surface area contributed by atoms with Gasteiger partial charge in [0.25, 0.3) is 5.91 Å². The summed E-state index contributed by atoms with van der Waals surface area (Å²) in [5.41, 5.74) is 1.83. The summed E-state index contributed by atoms with van der Waals surface area (Å²) in [6.07, 6.45) is 3.47. The molecule has 27 heavy (non-hydrogen) atoms. The van der Waals surface area contributed by atoms with Crippen LogP contribution < -0.4 is 16.0 Å². The van der Waals surface area contributed by atoms with Crippen LogP contribution in [0.15, 0.2) is 29.3 Å². The highest BCUT2D eigenvalue weighted by Gasteiger charge is 2.28. The minimum absolute atomic E-state index is 0. The summed E-state index contributed by atoms with van der Waals surface area (Å²) in [5.74, 6) is 0.800. The smallest absolute Gasteiger partial charge is 0.251 e. The highest BCUT2D eigenvalue weighted by molar-refractivity contribution is 14.0. The summed E-state index contributed by atoms with van der Waals surface area (Å²) in [4.78, 5) is 18.9. The third kappa shape index (κ3) is 8.04. The lowest BCUT2D eigenvalue weighted by Gasteiger charge is -2.23. The van der Waals surface area contributed by atoms with E-state index in [-0.39, 0.29) is 29.9 Å². The first-order chi connectivity index (χ1) is 12.5. The number of guanidine groups is 1. The molecule has 1 amide bonds. The lowest BCUT2D eigenvalue weighted by atomic mass is 10.1. The van der Waals surface area contributed by atoms with Crippen LogP contribution in [0.3, 0.4) is 0 Å². The lowest BCUT2D eigenvalue weighted by molar-refractivity contribution is 0.0963. The van der Waals surface area contributed by atoms with E-state index >= 15 is 0 Å². The normalized spacial score (nSPS) is 15.1. The largest absolute Gasteiger partial charge is 0.357 e. The van der Waals surface area contributed by atoms with Crippen molar-refractivity contribution in [2.75, 3.05) is 33.7 Å². The topological polar surface area (TPSA) is 68.8 Å². The Morgan fingerprint density at radius 3 is 2.70 bits per heavy atom.